The van der Waals surface area contributed by atoms with E-state index in [0.29, 0.717) is 17.8 Å². The first-order valence-corrected chi connectivity index (χ1v) is 7.30. The molecule has 5 heteroatoms. The number of nitrogens with zero attached hydrogens (tertiary/aromatic N) is 1. The van der Waals surface area contributed by atoms with Gasteiger partial charge in [0.1, 0.15) is 5.69 Å². The topological polar surface area (TPSA) is 55.1 Å². The lowest BCUT2D eigenvalue weighted by Gasteiger charge is -2.21. The Morgan fingerprint density at radius 2 is 2.16 bits per heavy atom. The van der Waals surface area contributed by atoms with Gasteiger partial charge in [-0.1, -0.05) is 47.1 Å². The molecule has 2 rings (SSSR count). The number of rotatable bonds is 5. The molecule has 0 aliphatic heterocycles. The molecule has 0 saturated heterocycles. The monoisotopic (exact) mass is 324 g/mol. The molecule has 102 valence electrons. The maximum Gasteiger partial charge on any atom is 0.226 e. The summed E-state index contributed by atoms with van der Waals surface area (Å²) in [6.07, 6.45) is 0.245. The second-order valence-electron chi connectivity index (χ2n) is 5.38. The predicted octanol–water partition coefficient (Wildman–Crippen LogP) is 2.91. The fraction of sp³-hybridized carbons (Fsp3) is 0.429. The van der Waals surface area contributed by atoms with Crippen molar-refractivity contribution in [3.05, 3.63) is 30.0 Å². The Hall–Kier alpha value is -1.36. The molecule has 0 atom stereocenters. The van der Waals surface area contributed by atoms with Crippen LogP contribution in [0.15, 0.2) is 28.8 Å². The summed E-state index contributed by atoms with van der Waals surface area (Å²) in [5, 5.41) is 8.62. The third kappa shape index (κ3) is 3.56. The molecule has 19 heavy (non-hydrogen) atoms. The summed E-state index contributed by atoms with van der Waals surface area (Å²) in [5.74, 6) is -0.0342. The summed E-state index contributed by atoms with van der Waals surface area (Å²) >= 11 is 3.44. The van der Waals surface area contributed by atoms with Crippen molar-refractivity contribution in [3.8, 4) is 0 Å². The third-order valence-corrected chi connectivity index (χ3v) is 4.42. The molecule has 0 fully saturated rings. The summed E-state index contributed by atoms with van der Waals surface area (Å²) in [6, 6.07) is 7.55. The average Bonchev–Trinajstić information content (AvgIpc) is 2.80. The van der Waals surface area contributed by atoms with Crippen LogP contribution in [0.5, 0.6) is 0 Å². The highest BCUT2D eigenvalue weighted by molar-refractivity contribution is 9.09. The number of halogens is 1. The minimum atomic E-state index is -0.0342. The van der Waals surface area contributed by atoms with Gasteiger partial charge in [-0.05, 0) is 17.5 Å². The molecule has 0 unspecified atom stereocenters. The van der Waals surface area contributed by atoms with Gasteiger partial charge in [0.15, 0.2) is 5.58 Å². The van der Waals surface area contributed by atoms with E-state index in [-0.39, 0.29) is 17.7 Å². The summed E-state index contributed by atoms with van der Waals surface area (Å²) < 4.78 is 5.18. The lowest BCUT2D eigenvalue weighted by Crippen LogP contribution is -2.35. The van der Waals surface area contributed by atoms with E-state index in [1.165, 1.54) is 0 Å². The van der Waals surface area contributed by atoms with Crippen molar-refractivity contribution >= 4 is 32.8 Å². The van der Waals surface area contributed by atoms with E-state index in [1.54, 1.807) is 0 Å². The maximum absolute atomic E-state index is 11.9. The number of hydrogen-bond acceptors (Lipinski definition) is 3. The number of carbonyl (C=O) groups is 1. The van der Waals surface area contributed by atoms with Crippen molar-refractivity contribution in [2.24, 2.45) is 5.41 Å². The van der Waals surface area contributed by atoms with E-state index in [9.17, 15) is 4.79 Å². The molecule has 0 radical (unpaired) electrons. The van der Waals surface area contributed by atoms with Crippen molar-refractivity contribution < 1.29 is 9.32 Å². The summed E-state index contributed by atoms with van der Waals surface area (Å²) in [6.45, 7) is 4.81. The number of aromatic nitrogens is 1. The van der Waals surface area contributed by atoms with Crippen LogP contribution in [0.4, 0.5) is 0 Å². The standard InChI is InChI=1S/C14H17BrN2O2/c1-14(2,8-15)9-16-13(18)7-11-10-5-3-4-6-12(10)19-17-11/h3-6H,7-9H2,1-2H3,(H,16,18). The summed E-state index contributed by atoms with van der Waals surface area (Å²) in [4.78, 5) is 11.9. The van der Waals surface area contributed by atoms with Gasteiger partial charge in [-0.25, -0.2) is 0 Å². The Morgan fingerprint density at radius 3 is 2.89 bits per heavy atom. The maximum atomic E-state index is 11.9. The highest BCUT2D eigenvalue weighted by Crippen LogP contribution is 2.19. The molecule has 1 aromatic heterocycles. The number of nitrogens with one attached hydrogen (secondary N) is 1. The van der Waals surface area contributed by atoms with E-state index in [1.807, 2.05) is 24.3 Å². The van der Waals surface area contributed by atoms with Gasteiger partial charge in [-0.2, -0.15) is 0 Å². The zero-order chi connectivity index (χ0) is 13.9. The number of fused-ring (bicyclic) bond motifs is 1. The van der Waals surface area contributed by atoms with Crippen LogP contribution >= 0.6 is 15.9 Å². The van der Waals surface area contributed by atoms with Crippen LogP contribution in [-0.2, 0) is 11.2 Å². The van der Waals surface area contributed by atoms with Crippen LogP contribution in [-0.4, -0.2) is 22.9 Å². The van der Waals surface area contributed by atoms with Crippen molar-refractivity contribution in [3.63, 3.8) is 0 Å². The number of hydrogen-bond donors (Lipinski definition) is 1. The Kier molecular flexibility index (Phi) is 4.24. The number of para-hydroxylation sites is 1. The van der Waals surface area contributed by atoms with E-state index in [2.05, 4.69) is 40.3 Å². The Bertz CT molecular complexity index is 578. The fourth-order valence-electron chi connectivity index (χ4n) is 1.67. The highest BCUT2D eigenvalue weighted by atomic mass is 79.9. The van der Waals surface area contributed by atoms with E-state index >= 15 is 0 Å². The molecule has 1 aromatic carbocycles. The first-order valence-electron chi connectivity index (χ1n) is 6.18. The van der Waals surface area contributed by atoms with Crippen molar-refractivity contribution in [2.45, 2.75) is 20.3 Å². The highest BCUT2D eigenvalue weighted by Gasteiger charge is 2.18. The summed E-state index contributed by atoms with van der Waals surface area (Å²) in [7, 11) is 0. The van der Waals surface area contributed by atoms with Crippen LogP contribution in [0, 0.1) is 5.41 Å². The van der Waals surface area contributed by atoms with Crippen molar-refractivity contribution in [1.29, 1.82) is 0 Å². The van der Waals surface area contributed by atoms with Crippen LogP contribution in [0.1, 0.15) is 19.5 Å². The molecular formula is C14H17BrN2O2. The molecular weight excluding hydrogens is 308 g/mol. The molecule has 0 aliphatic rings. The van der Waals surface area contributed by atoms with Crippen LogP contribution in [0.25, 0.3) is 11.0 Å². The lowest BCUT2D eigenvalue weighted by molar-refractivity contribution is -0.120. The predicted molar refractivity (Wildman–Crippen MR) is 78.3 cm³/mol. The minimum Gasteiger partial charge on any atom is -0.356 e. The molecule has 0 aliphatic carbocycles. The Labute approximate surface area is 120 Å². The second-order valence-corrected chi connectivity index (χ2v) is 5.94. The fourth-order valence-corrected chi connectivity index (χ4v) is 1.86. The molecule has 2 aromatic rings. The molecule has 1 heterocycles. The zero-order valence-electron chi connectivity index (χ0n) is 11.1. The zero-order valence-corrected chi connectivity index (χ0v) is 12.7. The van der Waals surface area contributed by atoms with Crippen LogP contribution < -0.4 is 5.32 Å². The third-order valence-electron chi connectivity index (χ3n) is 2.91. The van der Waals surface area contributed by atoms with Gasteiger partial charge in [0.2, 0.25) is 5.91 Å². The van der Waals surface area contributed by atoms with Gasteiger partial charge in [-0.3, -0.25) is 4.79 Å². The first kappa shape index (κ1) is 14.1. The van der Waals surface area contributed by atoms with Crippen molar-refractivity contribution in [1.82, 2.24) is 10.5 Å². The van der Waals surface area contributed by atoms with Crippen LogP contribution in [0.2, 0.25) is 0 Å². The number of benzene rings is 1. The second kappa shape index (κ2) is 5.74. The van der Waals surface area contributed by atoms with Gasteiger partial charge < -0.3 is 9.84 Å². The Morgan fingerprint density at radius 1 is 1.42 bits per heavy atom. The quantitative estimate of drug-likeness (QED) is 0.860. The number of amides is 1. The van der Waals surface area contributed by atoms with E-state index in [4.69, 9.17) is 4.52 Å². The van der Waals surface area contributed by atoms with Gasteiger partial charge in [0.05, 0.1) is 6.42 Å². The largest absolute Gasteiger partial charge is 0.356 e. The Balaban J connectivity index is 1.99. The molecule has 0 spiro atoms. The lowest BCUT2D eigenvalue weighted by atomic mass is 9.97. The van der Waals surface area contributed by atoms with Gasteiger partial charge in [0.25, 0.3) is 0 Å². The molecule has 1 amide bonds. The summed E-state index contributed by atoms with van der Waals surface area (Å²) in [5.41, 5.74) is 1.44. The number of carbonyl (C=O) groups excluding carboxylic acids is 1. The first-order chi connectivity index (χ1) is 9.02. The van der Waals surface area contributed by atoms with Gasteiger partial charge in [0, 0.05) is 17.3 Å². The van der Waals surface area contributed by atoms with Crippen LogP contribution in [0.3, 0.4) is 0 Å². The molecule has 0 saturated carbocycles. The van der Waals surface area contributed by atoms with E-state index < -0.39 is 0 Å². The minimum absolute atomic E-state index is 0.0342. The average molecular weight is 325 g/mol. The van der Waals surface area contributed by atoms with Gasteiger partial charge >= 0.3 is 0 Å². The SMILES string of the molecule is CC(C)(CBr)CNC(=O)Cc1noc2ccccc12. The van der Waals surface area contributed by atoms with Gasteiger partial charge in [-0.15, -0.1) is 0 Å². The molecule has 0 bridgehead atoms. The number of alkyl halides is 1. The smallest absolute Gasteiger partial charge is 0.226 e. The molecule has 4 nitrogen and oxygen atoms in total. The van der Waals surface area contributed by atoms with Crippen molar-refractivity contribution in [2.75, 3.05) is 11.9 Å². The van der Waals surface area contributed by atoms with E-state index in [0.717, 1.165) is 10.7 Å². The normalized spacial score (nSPS) is 11.7. The molecule has 1 N–H and O–H groups in total.